The van der Waals surface area contributed by atoms with Crippen molar-refractivity contribution in [2.45, 2.75) is 252 Å². The van der Waals surface area contributed by atoms with Gasteiger partial charge in [0, 0.05) is 33.6 Å². The zero-order valence-corrected chi connectivity index (χ0v) is 43.7. The van der Waals surface area contributed by atoms with Crippen molar-refractivity contribution in [1.29, 1.82) is 0 Å². The smallest absolute Gasteiger partial charge is 0.303 e. The molecule has 14 nitrogen and oxygen atoms in total. The minimum absolute atomic E-state index is 0.0976. The van der Waals surface area contributed by atoms with Crippen molar-refractivity contribution in [1.82, 2.24) is 0 Å². The lowest BCUT2D eigenvalue weighted by atomic mass is 9.98. The first-order chi connectivity index (χ1) is 31.5. The van der Waals surface area contributed by atoms with E-state index < -0.39 is 105 Å². The summed E-state index contributed by atoms with van der Waals surface area (Å²) in [4.78, 5) is 48.6. The van der Waals surface area contributed by atoms with Gasteiger partial charge >= 0.3 is 23.9 Å². The first-order valence-corrected chi connectivity index (χ1v) is 29.5. The van der Waals surface area contributed by atoms with Crippen LogP contribution in [0.1, 0.15) is 221 Å². The maximum atomic E-state index is 13.6. The summed E-state index contributed by atoms with van der Waals surface area (Å²) in [5, 5.41) is 0. The molecule has 0 bridgehead atoms. The SMILES string of the molecule is CCCCCCCCCCCCCCCCS(=O)(=O)CC(CO[C@H]1O[C@H](COC(C)=O)[C@@H](OC(C)=O)[C@H](OC(C)=O)[C@H]1OC(C)=O)CS(=O)(=O)CCCCCCCCCCCCCCCC. The molecule has 16 heteroatoms. The van der Waals surface area contributed by atoms with Crippen molar-refractivity contribution in [2.24, 2.45) is 5.92 Å². The molecule has 1 aliphatic rings. The molecule has 0 aromatic rings. The molecule has 1 heterocycles. The van der Waals surface area contributed by atoms with Crippen molar-refractivity contribution in [3.8, 4) is 0 Å². The Balaban J connectivity index is 2.99. The summed E-state index contributed by atoms with van der Waals surface area (Å²) in [7, 11) is -7.47. The van der Waals surface area contributed by atoms with Gasteiger partial charge in [0.25, 0.3) is 0 Å². The van der Waals surface area contributed by atoms with Crippen LogP contribution in [0.4, 0.5) is 0 Å². The third-order valence-electron chi connectivity index (χ3n) is 12.0. The molecule has 0 amide bonds. The fraction of sp³-hybridized carbons (Fsp3) is 0.920. The number of unbranched alkanes of at least 4 members (excludes halogenated alkanes) is 26. The van der Waals surface area contributed by atoms with Gasteiger partial charge in [-0.2, -0.15) is 0 Å². The van der Waals surface area contributed by atoms with Crippen LogP contribution < -0.4 is 0 Å². The average Bonchev–Trinajstić information content (AvgIpc) is 3.23. The van der Waals surface area contributed by atoms with E-state index >= 15 is 0 Å². The number of ether oxygens (including phenoxy) is 6. The summed E-state index contributed by atoms with van der Waals surface area (Å²) in [6.07, 6.45) is 24.3. The summed E-state index contributed by atoms with van der Waals surface area (Å²) in [5.41, 5.74) is 0. The number of hydrogen-bond acceptors (Lipinski definition) is 14. The monoisotopic (exact) mass is 981 g/mol. The fourth-order valence-electron chi connectivity index (χ4n) is 8.62. The van der Waals surface area contributed by atoms with Crippen molar-refractivity contribution >= 4 is 43.6 Å². The molecule has 0 saturated carbocycles. The van der Waals surface area contributed by atoms with E-state index in [4.69, 9.17) is 28.4 Å². The normalized spacial score (nSPS) is 18.9. The van der Waals surface area contributed by atoms with Crippen LogP contribution in [0.5, 0.6) is 0 Å². The third kappa shape index (κ3) is 32.4. The zero-order valence-electron chi connectivity index (χ0n) is 42.0. The number of hydrogen-bond donors (Lipinski definition) is 0. The van der Waals surface area contributed by atoms with Crippen LogP contribution in [0, 0.1) is 5.92 Å². The number of carbonyl (C=O) groups excluding carboxylic acids is 4. The minimum Gasteiger partial charge on any atom is -0.463 e. The maximum Gasteiger partial charge on any atom is 0.303 e. The molecule has 1 aliphatic heterocycles. The number of sulfone groups is 2. The van der Waals surface area contributed by atoms with E-state index in [1.807, 2.05) is 0 Å². The molecule has 0 spiro atoms. The molecular formula is C50H92O14S2. The van der Waals surface area contributed by atoms with Crippen LogP contribution in [0.25, 0.3) is 0 Å². The summed E-state index contributed by atoms with van der Waals surface area (Å²) in [6, 6.07) is 0. The molecule has 5 atom stereocenters. The topological polar surface area (TPSA) is 192 Å². The van der Waals surface area contributed by atoms with Crippen LogP contribution >= 0.6 is 0 Å². The Morgan fingerprint density at radius 2 is 0.758 bits per heavy atom. The van der Waals surface area contributed by atoms with E-state index in [9.17, 15) is 36.0 Å². The quantitative estimate of drug-likeness (QED) is 0.0319. The van der Waals surface area contributed by atoms with Gasteiger partial charge in [0.1, 0.15) is 12.7 Å². The standard InChI is InChI=1S/C50H92O14S2/c1-7-9-11-13-15-17-19-21-23-25-27-29-31-33-35-65(55,56)39-45(40-66(57,58)36-34-32-30-28-26-24-22-20-18-16-14-12-10-8-2)37-60-50-49(63-44(6)54)48(62-43(5)53)47(61-42(4)52)46(64-50)38-59-41(3)51/h45-50H,7-40H2,1-6H3/t46-,47-,48+,49-,50+/m1/s1. The van der Waals surface area contributed by atoms with E-state index in [0.717, 1.165) is 79.1 Å². The Kier molecular flexibility index (Phi) is 35.1. The molecule has 0 radical (unpaired) electrons. The first kappa shape index (κ1) is 61.7. The van der Waals surface area contributed by atoms with Gasteiger partial charge in [-0.1, -0.05) is 181 Å². The highest BCUT2D eigenvalue weighted by atomic mass is 32.2. The van der Waals surface area contributed by atoms with Gasteiger partial charge in [0.05, 0.1) is 29.6 Å². The highest BCUT2D eigenvalue weighted by Crippen LogP contribution is 2.31. The van der Waals surface area contributed by atoms with Crippen molar-refractivity contribution < 1.29 is 64.4 Å². The second kappa shape index (κ2) is 37.6. The van der Waals surface area contributed by atoms with Crippen LogP contribution in [0.15, 0.2) is 0 Å². The minimum atomic E-state index is -3.74. The second-order valence-electron chi connectivity index (χ2n) is 18.7. The van der Waals surface area contributed by atoms with E-state index in [1.54, 1.807) is 0 Å². The van der Waals surface area contributed by atoms with Crippen LogP contribution in [-0.2, 0) is 67.3 Å². The lowest BCUT2D eigenvalue weighted by Gasteiger charge is -2.44. The zero-order chi connectivity index (χ0) is 49.1. The molecule has 1 saturated heterocycles. The Morgan fingerprint density at radius 3 is 1.09 bits per heavy atom. The van der Waals surface area contributed by atoms with E-state index in [0.29, 0.717) is 12.8 Å². The summed E-state index contributed by atoms with van der Waals surface area (Å²) >= 11 is 0. The molecule has 1 rings (SSSR count). The highest BCUT2D eigenvalue weighted by Gasteiger charge is 2.53. The predicted molar refractivity (Wildman–Crippen MR) is 259 cm³/mol. The largest absolute Gasteiger partial charge is 0.463 e. The highest BCUT2D eigenvalue weighted by molar-refractivity contribution is 7.92. The summed E-state index contributed by atoms with van der Waals surface area (Å²) < 4.78 is 88.2. The first-order valence-electron chi connectivity index (χ1n) is 25.8. The van der Waals surface area contributed by atoms with Gasteiger partial charge in [-0.15, -0.1) is 0 Å². The summed E-state index contributed by atoms with van der Waals surface area (Å²) in [5.74, 6) is -5.26. The van der Waals surface area contributed by atoms with Crippen molar-refractivity contribution in [2.75, 3.05) is 36.2 Å². The van der Waals surface area contributed by atoms with Gasteiger partial charge in [-0.3, -0.25) is 19.2 Å². The molecule has 0 N–H and O–H groups in total. The van der Waals surface area contributed by atoms with E-state index in [1.165, 1.54) is 116 Å². The molecule has 0 aliphatic carbocycles. The third-order valence-corrected chi connectivity index (χ3v) is 15.8. The Bertz CT molecular complexity index is 1450. The Morgan fingerprint density at radius 1 is 0.439 bits per heavy atom. The van der Waals surface area contributed by atoms with E-state index in [2.05, 4.69) is 13.8 Å². The molecular weight excluding hydrogens is 889 g/mol. The Hall–Kier alpha value is -2.30. The molecule has 0 unspecified atom stereocenters. The number of rotatable bonds is 42. The van der Waals surface area contributed by atoms with Crippen molar-refractivity contribution in [3.05, 3.63) is 0 Å². The number of carbonyl (C=O) groups is 4. The lowest BCUT2D eigenvalue weighted by Crippen LogP contribution is -2.63. The van der Waals surface area contributed by atoms with Gasteiger partial charge in [-0.05, 0) is 12.8 Å². The van der Waals surface area contributed by atoms with Gasteiger partial charge in [-0.25, -0.2) is 16.8 Å². The second-order valence-corrected chi connectivity index (χ2v) is 23.1. The van der Waals surface area contributed by atoms with Crippen molar-refractivity contribution in [3.63, 3.8) is 0 Å². The number of esters is 4. The molecule has 66 heavy (non-hydrogen) atoms. The average molecular weight is 981 g/mol. The molecule has 388 valence electrons. The maximum absolute atomic E-state index is 13.6. The predicted octanol–water partition coefficient (Wildman–Crippen LogP) is 10.5. The van der Waals surface area contributed by atoms with E-state index in [-0.39, 0.29) is 11.5 Å². The van der Waals surface area contributed by atoms with Crippen LogP contribution in [0.3, 0.4) is 0 Å². The van der Waals surface area contributed by atoms with Crippen LogP contribution in [-0.4, -0.2) is 108 Å². The molecule has 0 aromatic heterocycles. The molecule has 1 fully saturated rings. The summed E-state index contributed by atoms with van der Waals surface area (Å²) in [6.45, 7) is 8.02. The van der Waals surface area contributed by atoms with Crippen LogP contribution in [0.2, 0.25) is 0 Å². The van der Waals surface area contributed by atoms with Gasteiger partial charge in [0.15, 0.2) is 44.3 Å². The lowest BCUT2D eigenvalue weighted by molar-refractivity contribution is -0.309. The Labute approximate surface area is 400 Å². The fourth-order valence-corrected chi connectivity index (χ4v) is 12.3. The van der Waals surface area contributed by atoms with Gasteiger partial charge in [0.2, 0.25) is 0 Å². The van der Waals surface area contributed by atoms with Gasteiger partial charge < -0.3 is 28.4 Å². The molecule has 0 aromatic carbocycles.